The van der Waals surface area contributed by atoms with E-state index in [9.17, 15) is 0 Å². The first-order valence-corrected chi connectivity index (χ1v) is 9.97. The second-order valence-electron chi connectivity index (χ2n) is 7.14. The van der Waals surface area contributed by atoms with Crippen molar-refractivity contribution in [1.29, 1.82) is 0 Å². The van der Waals surface area contributed by atoms with Gasteiger partial charge in [-0.1, -0.05) is 75.5 Å². The highest BCUT2D eigenvalue weighted by Gasteiger charge is 2.19. The molecule has 0 amide bonds. The Hall–Kier alpha value is -3.06. The molecule has 4 rings (SSSR count). The van der Waals surface area contributed by atoms with Crippen molar-refractivity contribution < 1.29 is 0 Å². The number of allylic oxidation sites excluding steroid dienone is 1. The summed E-state index contributed by atoms with van der Waals surface area (Å²) in [5.74, 6) is 0. The maximum atomic E-state index is 4.11. The quantitative estimate of drug-likeness (QED) is 0.502. The molecule has 0 heterocycles. The molecule has 1 N–H and O–H groups in total. The smallest absolute Gasteiger partial charge is 0.0384 e. The minimum Gasteiger partial charge on any atom is -0.360 e. The van der Waals surface area contributed by atoms with Gasteiger partial charge in [0, 0.05) is 11.4 Å². The number of hydrogen-bond donors (Lipinski definition) is 1. The molecule has 0 fully saturated rings. The molecule has 0 bridgehead atoms. The normalized spacial score (nSPS) is 11.6. The first kappa shape index (κ1) is 19.7. The highest BCUT2D eigenvalue weighted by atomic mass is 14.9. The van der Waals surface area contributed by atoms with Crippen LogP contribution in [0.25, 0.3) is 12.2 Å². The summed E-state index contributed by atoms with van der Waals surface area (Å²) >= 11 is 0. The summed E-state index contributed by atoms with van der Waals surface area (Å²) in [6.45, 7) is 16.2. The van der Waals surface area contributed by atoms with Crippen LogP contribution in [-0.4, -0.2) is 0 Å². The maximum Gasteiger partial charge on any atom is 0.0384 e. The molecule has 0 spiro atoms. The summed E-state index contributed by atoms with van der Waals surface area (Å²) in [5.41, 5.74) is 9.95. The first-order valence-electron chi connectivity index (χ1n) is 9.97. The molecule has 0 saturated carbocycles. The second kappa shape index (κ2) is 8.31. The lowest BCUT2D eigenvalue weighted by atomic mass is 9.82. The van der Waals surface area contributed by atoms with Gasteiger partial charge in [0.1, 0.15) is 0 Å². The topological polar surface area (TPSA) is 12.0 Å². The van der Waals surface area contributed by atoms with Crippen molar-refractivity contribution in [2.45, 2.75) is 34.1 Å². The van der Waals surface area contributed by atoms with E-state index in [1.54, 1.807) is 0 Å². The molecule has 1 aliphatic rings. The highest BCUT2D eigenvalue weighted by Crippen LogP contribution is 2.31. The number of hydrogen-bond acceptors (Lipinski definition) is 1. The molecular formula is C27H29N. The molecule has 0 atom stereocenters. The van der Waals surface area contributed by atoms with Crippen molar-refractivity contribution in [2.75, 3.05) is 5.32 Å². The largest absolute Gasteiger partial charge is 0.360 e. The number of anilines is 1. The molecule has 0 aromatic heterocycles. The van der Waals surface area contributed by atoms with Crippen LogP contribution < -0.4 is 15.8 Å². The molecule has 0 radical (unpaired) electrons. The van der Waals surface area contributed by atoms with Gasteiger partial charge < -0.3 is 5.32 Å². The van der Waals surface area contributed by atoms with E-state index in [-0.39, 0.29) is 0 Å². The number of fused-ring (bicyclic) bond motifs is 2. The van der Waals surface area contributed by atoms with E-state index in [1.165, 1.54) is 38.6 Å². The fourth-order valence-corrected chi connectivity index (χ4v) is 3.86. The van der Waals surface area contributed by atoms with Crippen LogP contribution in [0.5, 0.6) is 0 Å². The Bertz CT molecular complexity index is 1140. The fourth-order valence-electron chi connectivity index (χ4n) is 3.86. The summed E-state index contributed by atoms with van der Waals surface area (Å²) in [4.78, 5) is 0. The average molecular weight is 368 g/mol. The van der Waals surface area contributed by atoms with Gasteiger partial charge in [-0.05, 0) is 76.2 Å². The number of rotatable bonds is 3. The third kappa shape index (κ3) is 3.80. The molecule has 3 aromatic rings. The lowest BCUT2D eigenvalue weighted by molar-refractivity contribution is 1.12. The van der Waals surface area contributed by atoms with Gasteiger partial charge in [-0.15, -0.1) is 0 Å². The van der Waals surface area contributed by atoms with Crippen molar-refractivity contribution in [3.8, 4) is 0 Å². The van der Waals surface area contributed by atoms with Gasteiger partial charge in [0.25, 0.3) is 0 Å². The van der Waals surface area contributed by atoms with Crippen molar-refractivity contribution in [2.24, 2.45) is 0 Å². The summed E-state index contributed by atoms with van der Waals surface area (Å²) in [6.07, 6.45) is 0.965. The molecule has 0 unspecified atom stereocenters. The average Bonchev–Trinajstić information content (AvgIpc) is 2.68. The van der Waals surface area contributed by atoms with E-state index in [1.807, 2.05) is 20.8 Å². The van der Waals surface area contributed by atoms with Crippen LogP contribution >= 0.6 is 0 Å². The lowest BCUT2D eigenvalue weighted by Crippen LogP contribution is -2.23. The Morgan fingerprint density at radius 2 is 1.64 bits per heavy atom. The minimum absolute atomic E-state index is 0.945. The molecule has 28 heavy (non-hydrogen) atoms. The van der Waals surface area contributed by atoms with E-state index < -0.39 is 0 Å². The van der Waals surface area contributed by atoms with Crippen LogP contribution in [0, 0.1) is 6.92 Å². The van der Waals surface area contributed by atoms with E-state index in [2.05, 4.69) is 86.1 Å². The predicted molar refractivity (Wildman–Crippen MR) is 123 cm³/mol. The van der Waals surface area contributed by atoms with Crippen molar-refractivity contribution >= 4 is 17.8 Å². The number of benzene rings is 3. The van der Waals surface area contributed by atoms with Gasteiger partial charge in [-0.25, -0.2) is 0 Å². The van der Waals surface area contributed by atoms with Gasteiger partial charge >= 0.3 is 0 Å². The third-order valence-corrected chi connectivity index (χ3v) is 4.96. The van der Waals surface area contributed by atoms with Crippen LogP contribution in [0.2, 0.25) is 0 Å². The molecule has 1 aliphatic carbocycles. The van der Waals surface area contributed by atoms with Crippen molar-refractivity contribution in [3.05, 3.63) is 111 Å². The minimum atomic E-state index is 0.945. The van der Waals surface area contributed by atoms with Crippen LogP contribution in [0.1, 0.15) is 48.6 Å². The summed E-state index contributed by atoms with van der Waals surface area (Å²) in [6, 6.07) is 21.8. The number of aryl methyl sites for hydroxylation is 1. The Balaban J connectivity index is 0.00000109. The van der Waals surface area contributed by atoms with Gasteiger partial charge in [0.05, 0.1) is 0 Å². The van der Waals surface area contributed by atoms with E-state index >= 15 is 0 Å². The van der Waals surface area contributed by atoms with Crippen LogP contribution in [0.15, 0.2) is 72.9 Å². The Kier molecular flexibility index (Phi) is 5.84. The fraction of sp³-hybridized carbons (Fsp3) is 0.185. The summed E-state index contributed by atoms with van der Waals surface area (Å²) < 4.78 is 0. The van der Waals surface area contributed by atoms with Crippen LogP contribution in [-0.2, 0) is 6.42 Å². The third-order valence-electron chi connectivity index (χ3n) is 4.96. The predicted octanol–water partition coefficient (Wildman–Crippen LogP) is 5.53. The van der Waals surface area contributed by atoms with E-state index in [0.717, 1.165) is 23.0 Å². The van der Waals surface area contributed by atoms with Crippen LogP contribution in [0.3, 0.4) is 0 Å². The van der Waals surface area contributed by atoms with E-state index in [0.29, 0.717) is 0 Å². The standard InChI is InChI=1S/C25H23N.C2H6/c1-16(2)26-21-10-12-22(18(4)14-21)25-23-8-6-5-7-19(23)15-20-13-17(3)9-11-24(20)25;1-2/h5-14,26H,1,3,15H2,2,4H3;1-2H3. The molecule has 3 aromatic carbocycles. The second-order valence-corrected chi connectivity index (χ2v) is 7.14. The van der Waals surface area contributed by atoms with E-state index in [4.69, 9.17) is 0 Å². The maximum absolute atomic E-state index is 4.11. The van der Waals surface area contributed by atoms with Crippen molar-refractivity contribution in [1.82, 2.24) is 0 Å². The number of nitrogens with one attached hydrogen (secondary N) is 1. The zero-order valence-corrected chi connectivity index (χ0v) is 17.4. The molecule has 0 saturated heterocycles. The zero-order valence-electron chi connectivity index (χ0n) is 17.4. The van der Waals surface area contributed by atoms with Gasteiger partial charge in [0.2, 0.25) is 0 Å². The SMILES string of the molecule is C=C(C)Nc1ccc(C2=c3ccc(=C)cc3Cc3ccccc32)c(C)c1.CC. The molecule has 1 nitrogen and oxygen atoms in total. The molecule has 1 heteroatoms. The Morgan fingerprint density at radius 3 is 2.36 bits per heavy atom. The molecule has 142 valence electrons. The Morgan fingerprint density at radius 1 is 0.893 bits per heavy atom. The molecular weight excluding hydrogens is 338 g/mol. The summed E-state index contributed by atoms with van der Waals surface area (Å²) in [7, 11) is 0. The van der Waals surface area contributed by atoms with Gasteiger partial charge in [0.15, 0.2) is 0 Å². The highest BCUT2D eigenvalue weighted by molar-refractivity contribution is 5.85. The Labute approximate surface area is 168 Å². The van der Waals surface area contributed by atoms with Gasteiger partial charge in [-0.3, -0.25) is 0 Å². The van der Waals surface area contributed by atoms with Gasteiger partial charge in [-0.2, -0.15) is 0 Å². The van der Waals surface area contributed by atoms with Crippen molar-refractivity contribution in [3.63, 3.8) is 0 Å². The zero-order chi connectivity index (χ0) is 20.3. The summed E-state index contributed by atoms with van der Waals surface area (Å²) in [5, 5.41) is 5.70. The first-order chi connectivity index (χ1) is 13.5. The van der Waals surface area contributed by atoms with Crippen LogP contribution in [0.4, 0.5) is 5.69 Å². The molecule has 0 aliphatic heterocycles. The lowest BCUT2D eigenvalue weighted by Gasteiger charge is -2.22. The monoisotopic (exact) mass is 367 g/mol.